The fourth-order valence-corrected chi connectivity index (χ4v) is 3.53. The van der Waals surface area contributed by atoms with E-state index in [-0.39, 0.29) is 23.4 Å². The molecule has 2 N–H and O–H groups in total. The molecule has 22 heavy (non-hydrogen) atoms. The average molecular weight is 322 g/mol. The summed E-state index contributed by atoms with van der Waals surface area (Å²) in [5.41, 5.74) is 1.60. The minimum absolute atomic E-state index is 0.0201. The molecule has 3 atom stereocenters. The van der Waals surface area contributed by atoms with Crippen molar-refractivity contribution >= 4 is 29.2 Å². The fraction of sp³-hybridized carbons (Fsp3) is 0.375. The standard InChI is InChI=1S/C16H16ClNO4/c1-2-22-16(21)14-10-5-3-4-9(10)11-6-8(15(19)20)7-12(17)13(11)18-14/h3-4,6-7,9-10,14,18H,2,5H2,1H3,(H,19,20)/t9-,10+,14-/m1/s1. The first kappa shape index (κ1) is 14.9. The normalized spacial score (nSPS) is 25.1. The molecule has 116 valence electrons. The van der Waals surface area contributed by atoms with Crippen LogP contribution in [-0.4, -0.2) is 29.7 Å². The minimum atomic E-state index is -1.02. The van der Waals surface area contributed by atoms with Gasteiger partial charge in [-0.1, -0.05) is 23.8 Å². The molecule has 0 aromatic heterocycles. The summed E-state index contributed by atoms with van der Waals surface area (Å²) in [7, 11) is 0. The molecule has 1 aromatic carbocycles. The number of nitrogens with one attached hydrogen (secondary N) is 1. The van der Waals surface area contributed by atoms with E-state index >= 15 is 0 Å². The molecule has 3 rings (SSSR count). The van der Waals surface area contributed by atoms with Crippen molar-refractivity contribution in [2.24, 2.45) is 5.92 Å². The predicted molar refractivity (Wildman–Crippen MR) is 82.4 cm³/mol. The fourth-order valence-electron chi connectivity index (χ4n) is 3.24. The molecule has 5 nitrogen and oxygen atoms in total. The van der Waals surface area contributed by atoms with E-state index in [2.05, 4.69) is 5.32 Å². The zero-order chi connectivity index (χ0) is 15.9. The van der Waals surface area contributed by atoms with Crippen molar-refractivity contribution in [2.75, 3.05) is 11.9 Å². The highest BCUT2D eigenvalue weighted by Gasteiger charge is 2.42. The molecular weight excluding hydrogens is 306 g/mol. The van der Waals surface area contributed by atoms with Crippen molar-refractivity contribution in [3.05, 3.63) is 40.4 Å². The van der Waals surface area contributed by atoms with E-state index in [4.69, 9.17) is 16.3 Å². The Morgan fingerprint density at radius 2 is 2.23 bits per heavy atom. The van der Waals surface area contributed by atoms with Gasteiger partial charge in [-0.3, -0.25) is 0 Å². The zero-order valence-electron chi connectivity index (χ0n) is 12.0. The molecule has 0 fully saturated rings. The molecule has 2 aliphatic rings. The maximum atomic E-state index is 12.2. The smallest absolute Gasteiger partial charge is 0.335 e. The van der Waals surface area contributed by atoms with Gasteiger partial charge in [0.25, 0.3) is 0 Å². The Morgan fingerprint density at radius 3 is 2.91 bits per heavy atom. The molecule has 1 aromatic rings. The Kier molecular flexibility index (Phi) is 3.83. The summed E-state index contributed by atoms with van der Waals surface area (Å²) >= 11 is 6.23. The number of hydrogen-bond acceptors (Lipinski definition) is 4. The third-order valence-electron chi connectivity index (χ3n) is 4.21. The number of halogens is 1. The van der Waals surface area contributed by atoms with Gasteiger partial charge in [0.2, 0.25) is 0 Å². The van der Waals surface area contributed by atoms with E-state index in [0.717, 1.165) is 12.0 Å². The number of hydrogen-bond donors (Lipinski definition) is 2. The van der Waals surface area contributed by atoms with Crippen LogP contribution in [0, 0.1) is 5.92 Å². The molecule has 1 aliphatic carbocycles. The lowest BCUT2D eigenvalue weighted by Crippen LogP contribution is -2.43. The number of esters is 1. The molecule has 0 amide bonds. The van der Waals surface area contributed by atoms with Crippen LogP contribution in [0.25, 0.3) is 0 Å². The van der Waals surface area contributed by atoms with Gasteiger partial charge in [-0.15, -0.1) is 0 Å². The third-order valence-corrected chi connectivity index (χ3v) is 4.51. The summed E-state index contributed by atoms with van der Waals surface area (Å²) in [5, 5.41) is 12.6. The third kappa shape index (κ3) is 2.35. The second-order valence-corrected chi connectivity index (χ2v) is 5.86. The van der Waals surface area contributed by atoms with Crippen LogP contribution in [0.3, 0.4) is 0 Å². The summed E-state index contributed by atoms with van der Waals surface area (Å²) in [6.07, 6.45) is 4.77. The average Bonchev–Trinajstić information content (AvgIpc) is 2.96. The molecule has 6 heteroatoms. The molecule has 0 radical (unpaired) electrons. The van der Waals surface area contributed by atoms with E-state index in [1.807, 2.05) is 12.2 Å². The van der Waals surface area contributed by atoms with E-state index in [9.17, 15) is 14.7 Å². The van der Waals surface area contributed by atoms with Gasteiger partial charge in [-0.2, -0.15) is 0 Å². The lowest BCUT2D eigenvalue weighted by atomic mass is 9.79. The van der Waals surface area contributed by atoms with Gasteiger partial charge in [0, 0.05) is 11.8 Å². The molecular formula is C16H16ClNO4. The van der Waals surface area contributed by atoms with Crippen LogP contribution in [0.15, 0.2) is 24.3 Å². The van der Waals surface area contributed by atoms with E-state index in [1.54, 1.807) is 13.0 Å². The van der Waals surface area contributed by atoms with Crippen LogP contribution < -0.4 is 5.32 Å². The number of rotatable bonds is 3. The number of fused-ring (bicyclic) bond motifs is 3. The largest absolute Gasteiger partial charge is 0.478 e. The van der Waals surface area contributed by atoms with Gasteiger partial charge in [0.05, 0.1) is 22.9 Å². The van der Waals surface area contributed by atoms with Gasteiger partial charge in [-0.25, -0.2) is 9.59 Å². The lowest BCUT2D eigenvalue weighted by Gasteiger charge is -2.36. The SMILES string of the molecule is CCOC(=O)[C@@H]1Nc2c(Cl)cc(C(=O)O)cc2[C@@H]2C=CC[C@H]12. The Morgan fingerprint density at radius 1 is 1.45 bits per heavy atom. The molecule has 0 saturated carbocycles. The van der Waals surface area contributed by atoms with Crippen molar-refractivity contribution in [3.63, 3.8) is 0 Å². The van der Waals surface area contributed by atoms with Crippen LogP contribution in [0.5, 0.6) is 0 Å². The maximum Gasteiger partial charge on any atom is 0.335 e. The van der Waals surface area contributed by atoms with Crippen LogP contribution >= 0.6 is 11.6 Å². The number of aromatic carboxylic acids is 1. The minimum Gasteiger partial charge on any atom is -0.478 e. The quantitative estimate of drug-likeness (QED) is 0.661. The predicted octanol–water partition coefficient (Wildman–Crippen LogP) is 3.06. The van der Waals surface area contributed by atoms with Crippen molar-refractivity contribution in [1.82, 2.24) is 0 Å². The van der Waals surface area contributed by atoms with Gasteiger partial charge in [0.1, 0.15) is 6.04 Å². The van der Waals surface area contributed by atoms with Crippen molar-refractivity contribution in [3.8, 4) is 0 Å². The number of carboxylic acids is 1. The number of carbonyl (C=O) groups is 2. The maximum absolute atomic E-state index is 12.2. The molecule has 0 spiro atoms. The Labute approximate surface area is 132 Å². The summed E-state index contributed by atoms with van der Waals surface area (Å²) < 4.78 is 5.14. The molecule has 0 unspecified atom stereocenters. The lowest BCUT2D eigenvalue weighted by molar-refractivity contribution is -0.145. The van der Waals surface area contributed by atoms with Gasteiger partial charge >= 0.3 is 11.9 Å². The summed E-state index contributed by atoms with van der Waals surface area (Å²) in [5.74, 6) is -1.32. The summed E-state index contributed by atoms with van der Waals surface area (Å²) in [6.45, 7) is 2.09. The van der Waals surface area contributed by atoms with Crippen molar-refractivity contribution in [1.29, 1.82) is 0 Å². The number of ether oxygens (including phenoxy) is 1. The first-order valence-electron chi connectivity index (χ1n) is 7.19. The molecule has 1 heterocycles. The van der Waals surface area contributed by atoms with E-state index in [0.29, 0.717) is 17.3 Å². The van der Waals surface area contributed by atoms with E-state index < -0.39 is 12.0 Å². The topological polar surface area (TPSA) is 75.6 Å². The number of benzene rings is 1. The van der Waals surface area contributed by atoms with Gasteiger partial charge < -0.3 is 15.2 Å². The Bertz CT molecular complexity index is 670. The highest BCUT2D eigenvalue weighted by molar-refractivity contribution is 6.34. The zero-order valence-corrected chi connectivity index (χ0v) is 12.8. The van der Waals surface area contributed by atoms with Gasteiger partial charge in [-0.05, 0) is 31.0 Å². The highest BCUT2D eigenvalue weighted by Crippen LogP contribution is 2.47. The molecule has 0 bridgehead atoms. The number of anilines is 1. The number of carboxylic acid groups (broad SMARTS) is 1. The van der Waals surface area contributed by atoms with Crippen molar-refractivity contribution in [2.45, 2.75) is 25.3 Å². The van der Waals surface area contributed by atoms with Gasteiger partial charge in [0.15, 0.2) is 0 Å². The first-order chi connectivity index (χ1) is 10.5. The second kappa shape index (κ2) is 5.65. The van der Waals surface area contributed by atoms with E-state index in [1.165, 1.54) is 6.07 Å². The number of allylic oxidation sites excluding steroid dienone is 2. The highest BCUT2D eigenvalue weighted by atomic mass is 35.5. The summed E-state index contributed by atoms with van der Waals surface area (Å²) in [4.78, 5) is 23.4. The summed E-state index contributed by atoms with van der Waals surface area (Å²) in [6, 6.07) is 2.56. The molecule has 0 saturated heterocycles. The monoisotopic (exact) mass is 321 g/mol. The molecule has 1 aliphatic heterocycles. The van der Waals surface area contributed by atoms with Crippen LogP contribution in [-0.2, 0) is 9.53 Å². The number of carbonyl (C=O) groups excluding carboxylic acids is 1. The Balaban J connectivity index is 2.05. The van der Waals surface area contributed by atoms with Crippen LogP contribution in [0.2, 0.25) is 5.02 Å². The van der Waals surface area contributed by atoms with Crippen LogP contribution in [0.1, 0.15) is 35.2 Å². The van der Waals surface area contributed by atoms with Crippen LogP contribution in [0.4, 0.5) is 5.69 Å². The first-order valence-corrected chi connectivity index (χ1v) is 7.57. The Hall–Kier alpha value is -2.01. The van der Waals surface area contributed by atoms with Crippen molar-refractivity contribution < 1.29 is 19.4 Å². The second-order valence-electron chi connectivity index (χ2n) is 5.45.